The topological polar surface area (TPSA) is 63.0 Å². The van der Waals surface area contributed by atoms with Crippen molar-refractivity contribution >= 4 is 17.4 Å². The van der Waals surface area contributed by atoms with Gasteiger partial charge in [0.2, 0.25) is 5.89 Å². The summed E-state index contributed by atoms with van der Waals surface area (Å²) in [6, 6.07) is 0.479. The first-order chi connectivity index (χ1) is 9.15. The number of nitrogens with one attached hydrogen (secondary N) is 2. The van der Waals surface area contributed by atoms with Crippen LogP contribution in [0.15, 0.2) is 15.2 Å². The zero-order chi connectivity index (χ0) is 13.7. The van der Waals surface area contributed by atoms with Crippen LogP contribution in [-0.2, 0) is 13.1 Å². The molecule has 5 nitrogen and oxygen atoms in total. The van der Waals surface area contributed by atoms with Gasteiger partial charge in [0.25, 0.3) is 0 Å². The molecule has 0 spiro atoms. The second-order valence-electron chi connectivity index (χ2n) is 4.96. The predicted molar refractivity (Wildman–Crippen MR) is 77.2 cm³/mol. The number of aryl methyl sites for hydroxylation is 1. The first-order valence-corrected chi connectivity index (χ1v) is 7.38. The van der Waals surface area contributed by atoms with Crippen LogP contribution in [0, 0.1) is 12.8 Å². The number of aromatic nitrogens is 2. The molecule has 6 heteroatoms. The largest absolute Gasteiger partial charge is 0.407 e. The van der Waals surface area contributed by atoms with Crippen molar-refractivity contribution in [1.82, 2.24) is 15.5 Å². The van der Waals surface area contributed by atoms with Gasteiger partial charge in [-0.1, -0.05) is 18.9 Å². The average Bonchev–Trinajstić information content (AvgIpc) is 2.95. The summed E-state index contributed by atoms with van der Waals surface area (Å²) in [4.78, 5) is 0. The molecular weight excluding hydrogens is 260 g/mol. The highest BCUT2D eigenvalue weighted by molar-refractivity contribution is 7.08. The molecule has 0 bridgehead atoms. The van der Waals surface area contributed by atoms with Crippen LogP contribution in [0.1, 0.15) is 30.9 Å². The van der Waals surface area contributed by atoms with Crippen LogP contribution in [0.5, 0.6) is 0 Å². The molecule has 2 rings (SSSR count). The highest BCUT2D eigenvalue weighted by atomic mass is 32.1. The molecule has 0 unspecified atom stereocenters. The molecule has 0 aliphatic heterocycles. The standard InChI is InChI=1S/C13H20N4OS/c1-9(2)4-14-6-12-16-17-13(18-12)15-5-11-8-19-7-10(11)3/h7-9,14H,4-6H2,1-3H3,(H,15,17). The first kappa shape index (κ1) is 14.0. The van der Waals surface area contributed by atoms with Gasteiger partial charge >= 0.3 is 6.01 Å². The third-order valence-corrected chi connectivity index (χ3v) is 3.60. The zero-order valence-corrected chi connectivity index (χ0v) is 12.4. The number of hydrogen-bond donors (Lipinski definition) is 2. The number of rotatable bonds is 7. The van der Waals surface area contributed by atoms with Crippen molar-refractivity contribution in [2.45, 2.75) is 33.9 Å². The third kappa shape index (κ3) is 4.33. The van der Waals surface area contributed by atoms with Gasteiger partial charge in [0.1, 0.15) is 0 Å². The number of anilines is 1. The van der Waals surface area contributed by atoms with E-state index in [2.05, 4.69) is 52.4 Å². The van der Waals surface area contributed by atoms with Crippen LogP contribution in [0.25, 0.3) is 0 Å². The van der Waals surface area contributed by atoms with E-state index in [4.69, 9.17) is 4.42 Å². The monoisotopic (exact) mass is 280 g/mol. The van der Waals surface area contributed by atoms with Gasteiger partial charge in [-0.3, -0.25) is 0 Å². The molecule has 19 heavy (non-hydrogen) atoms. The van der Waals surface area contributed by atoms with E-state index in [0.29, 0.717) is 24.4 Å². The van der Waals surface area contributed by atoms with Crippen LogP contribution in [0.3, 0.4) is 0 Å². The fourth-order valence-corrected chi connectivity index (χ4v) is 2.46. The maximum absolute atomic E-state index is 5.51. The van der Waals surface area contributed by atoms with E-state index in [1.807, 2.05) is 0 Å². The quantitative estimate of drug-likeness (QED) is 0.816. The van der Waals surface area contributed by atoms with E-state index in [1.54, 1.807) is 11.3 Å². The fraction of sp³-hybridized carbons (Fsp3) is 0.538. The molecule has 0 saturated heterocycles. The van der Waals surface area contributed by atoms with E-state index in [9.17, 15) is 0 Å². The minimum absolute atomic E-state index is 0.479. The molecule has 2 heterocycles. The Labute approximate surface area is 117 Å². The van der Waals surface area contributed by atoms with Gasteiger partial charge in [-0.15, -0.1) is 5.10 Å². The molecule has 0 aromatic carbocycles. The Morgan fingerprint density at radius 3 is 2.79 bits per heavy atom. The van der Waals surface area contributed by atoms with E-state index in [-0.39, 0.29) is 0 Å². The SMILES string of the molecule is Cc1cscc1CNc1nnc(CNCC(C)C)o1. The Balaban J connectivity index is 1.79. The normalized spacial score (nSPS) is 11.2. The molecular formula is C13H20N4OS. The molecule has 0 amide bonds. The van der Waals surface area contributed by atoms with Crippen LogP contribution in [-0.4, -0.2) is 16.7 Å². The zero-order valence-electron chi connectivity index (χ0n) is 11.6. The van der Waals surface area contributed by atoms with Crippen molar-refractivity contribution in [1.29, 1.82) is 0 Å². The average molecular weight is 280 g/mol. The molecule has 0 saturated carbocycles. The molecule has 0 aliphatic carbocycles. The first-order valence-electron chi connectivity index (χ1n) is 6.43. The highest BCUT2D eigenvalue weighted by Gasteiger charge is 2.06. The lowest BCUT2D eigenvalue weighted by molar-refractivity contribution is 0.458. The lowest BCUT2D eigenvalue weighted by Crippen LogP contribution is -2.19. The fourth-order valence-electron chi connectivity index (χ4n) is 1.60. The molecule has 0 atom stereocenters. The van der Waals surface area contributed by atoms with Crippen molar-refractivity contribution in [3.8, 4) is 0 Å². The van der Waals surface area contributed by atoms with Gasteiger partial charge in [0.15, 0.2) is 0 Å². The highest BCUT2D eigenvalue weighted by Crippen LogP contribution is 2.15. The smallest absolute Gasteiger partial charge is 0.315 e. The van der Waals surface area contributed by atoms with Crippen molar-refractivity contribution in [3.63, 3.8) is 0 Å². The van der Waals surface area contributed by atoms with Gasteiger partial charge in [-0.2, -0.15) is 11.3 Å². The Morgan fingerprint density at radius 1 is 1.26 bits per heavy atom. The van der Waals surface area contributed by atoms with Gasteiger partial charge in [-0.05, 0) is 41.3 Å². The molecule has 2 N–H and O–H groups in total. The van der Waals surface area contributed by atoms with Crippen LogP contribution < -0.4 is 10.6 Å². The maximum Gasteiger partial charge on any atom is 0.315 e. The molecule has 2 aromatic heterocycles. The van der Waals surface area contributed by atoms with E-state index >= 15 is 0 Å². The maximum atomic E-state index is 5.51. The lowest BCUT2D eigenvalue weighted by Gasteiger charge is -2.03. The molecule has 104 valence electrons. The van der Waals surface area contributed by atoms with E-state index < -0.39 is 0 Å². The summed E-state index contributed by atoms with van der Waals surface area (Å²) in [7, 11) is 0. The Morgan fingerprint density at radius 2 is 2.11 bits per heavy atom. The minimum Gasteiger partial charge on any atom is -0.407 e. The second-order valence-corrected chi connectivity index (χ2v) is 5.70. The Hall–Kier alpha value is -1.40. The minimum atomic E-state index is 0.479. The summed E-state index contributed by atoms with van der Waals surface area (Å²) in [5, 5.41) is 18.7. The summed E-state index contributed by atoms with van der Waals surface area (Å²) in [5.74, 6) is 1.23. The van der Waals surface area contributed by atoms with E-state index in [1.165, 1.54) is 11.1 Å². The van der Waals surface area contributed by atoms with Crippen molar-refractivity contribution in [3.05, 3.63) is 27.8 Å². The van der Waals surface area contributed by atoms with Gasteiger partial charge in [-0.25, -0.2) is 0 Å². The van der Waals surface area contributed by atoms with Gasteiger partial charge in [0.05, 0.1) is 6.54 Å². The summed E-state index contributed by atoms with van der Waals surface area (Å²) in [6.45, 7) is 8.70. The summed E-state index contributed by atoms with van der Waals surface area (Å²) in [6.07, 6.45) is 0. The Kier molecular flexibility index (Phi) is 4.93. The second kappa shape index (κ2) is 6.68. The summed E-state index contributed by atoms with van der Waals surface area (Å²) in [5.41, 5.74) is 2.55. The summed E-state index contributed by atoms with van der Waals surface area (Å²) >= 11 is 1.70. The number of thiophene rings is 1. The van der Waals surface area contributed by atoms with E-state index in [0.717, 1.165) is 13.1 Å². The summed E-state index contributed by atoms with van der Waals surface area (Å²) < 4.78 is 5.51. The number of hydrogen-bond acceptors (Lipinski definition) is 6. The van der Waals surface area contributed by atoms with Crippen LogP contribution in [0.4, 0.5) is 6.01 Å². The number of nitrogens with zero attached hydrogens (tertiary/aromatic N) is 2. The Bertz CT molecular complexity index is 506. The lowest BCUT2D eigenvalue weighted by atomic mass is 10.2. The van der Waals surface area contributed by atoms with Crippen molar-refractivity contribution < 1.29 is 4.42 Å². The third-order valence-electron chi connectivity index (χ3n) is 2.69. The predicted octanol–water partition coefficient (Wildman–Crippen LogP) is 2.80. The van der Waals surface area contributed by atoms with Gasteiger partial charge < -0.3 is 15.1 Å². The molecule has 0 radical (unpaired) electrons. The molecule has 0 aliphatic rings. The van der Waals surface area contributed by atoms with Gasteiger partial charge in [0, 0.05) is 6.54 Å². The van der Waals surface area contributed by atoms with Crippen LogP contribution in [0.2, 0.25) is 0 Å². The van der Waals surface area contributed by atoms with Crippen molar-refractivity contribution in [2.75, 3.05) is 11.9 Å². The molecule has 0 fully saturated rings. The molecule has 2 aromatic rings. The van der Waals surface area contributed by atoms with Crippen LogP contribution >= 0.6 is 11.3 Å². The van der Waals surface area contributed by atoms with Crippen molar-refractivity contribution in [2.24, 2.45) is 5.92 Å².